The summed E-state index contributed by atoms with van der Waals surface area (Å²) in [6.07, 6.45) is 6.13. The van der Waals surface area contributed by atoms with Crippen LogP contribution in [0.3, 0.4) is 0 Å². The highest BCUT2D eigenvalue weighted by Crippen LogP contribution is 2.39. The predicted octanol–water partition coefficient (Wildman–Crippen LogP) is 4.27. The second-order valence-corrected chi connectivity index (χ2v) is 10.2. The van der Waals surface area contributed by atoms with E-state index in [1.807, 2.05) is 4.90 Å². The smallest absolute Gasteiger partial charge is 0.411 e. The highest BCUT2D eigenvalue weighted by molar-refractivity contribution is 5.76. The third kappa shape index (κ3) is 9.92. The number of unbranched alkanes of at least 4 members (excludes halogenated alkanes) is 1. The molecule has 9 nitrogen and oxygen atoms in total. The third-order valence-corrected chi connectivity index (χ3v) is 6.98. The summed E-state index contributed by atoms with van der Waals surface area (Å²) in [7, 11) is 0. The van der Waals surface area contributed by atoms with E-state index in [0.29, 0.717) is 19.0 Å². The molecule has 39 heavy (non-hydrogen) atoms. The molecule has 0 spiro atoms. The number of anilines is 2. The maximum Gasteiger partial charge on any atom is 0.411 e. The molecule has 3 N–H and O–H groups in total. The Hall–Kier alpha value is -2.99. The molecule has 2 aliphatic rings. The molecule has 0 radical (unpaired) electrons. The number of hydrogen-bond acceptors (Lipinski definition) is 8. The topological polar surface area (TPSA) is 112 Å². The van der Waals surface area contributed by atoms with E-state index in [4.69, 9.17) is 9.72 Å². The molecule has 1 saturated carbocycles. The molecule has 214 valence electrons. The molecular weight excluding hydrogens is 513 g/mol. The van der Waals surface area contributed by atoms with Crippen molar-refractivity contribution in [3.8, 4) is 0 Å². The number of hydrogen-bond donors (Lipinski definition) is 3. The number of carboxylic acid groups (broad SMARTS) is 1. The van der Waals surface area contributed by atoms with Crippen LogP contribution in [0, 0.1) is 0 Å². The number of rotatable bonds is 16. The molecule has 2 aromatic rings. The van der Waals surface area contributed by atoms with Gasteiger partial charge in [-0.2, -0.15) is 13.2 Å². The van der Waals surface area contributed by atoms with Gasteiger partial charge < -0.3 is 25.4 Å². The molecule has 1 aliphatic heterocycles. The van der Waals surface area contributed by atoms with Gasteiger partial charge in [-0.15, -0.1) is 0 Å². The Kier molecular flexibility index (Phi) is 10.3. The number of aryl methyl sites for hydroxylation is 2. The average Bonchev–Trinajstić information content (AvgIpc) is 3.76. The van der Waals surface area contributed by atoms with Gasteiger partial charge in [0.05, 0.1) is 6.61 Å². The molecule has 0 amide bonds. The highest BCUT2D eigenvalue weighted by Gasteiger charge is 2.28. The van der Waals surface area contributed by atoms with Crippen molar-refractivity contribution in [3.05, 3.63) is 41.3 Å². The maximum atomic E-state index is 12.5. The molecule has 12 heteroatoms. The Morgan fingerprint density at radius 3 is 2.69 bits per heavy atom. The summed E-state index contributed by atoms with van der Waals surface area (Å²) in [6.45, 7) is 0.799. The molecule has 3 heterocycles. The van der Waals surface area contributed by atoms with Crippen molar-refractivity contribution in [1.82, 2.24) is 19.9 Å². The van der Waals surface area contributed by atoms with E-state index < -0.39 is 24.8 Å². The van der Waals surface area contributed by atoms with Gasteiger partial charge in [0.15, 0.2) is 0 Å². The summed E-state index contributed by atoms with van der Waals surface area (Å²) in [5, 5.41) is 15.9. The van der Waals surface area contributed by atoms with E-state index in [0.717, 1.165) is 68.6 Å². The lowest BCUT2D eigenvalue weighted by molar-refractivity contribution is -0.174. The minimum absolute atomic E-state index is 0.0888. The second-order valence-electron chi connectivity index (χ2n) is 10.2. The Balaban J connectivity index is 1.26. The van der Waals surface area contributed by atoms with Gasteiger partial charge in [0, 0.05) is 37.7 Å². The first-order chi connectivity index (χ1) is 18.8. The van der Waals surface area contributed by atoms with Gasteiger partial charge in [-0.1, -0.05) is 6.07 Å². The van der Waals surface area contributed by atoms with Gasteiger partial charge >= 0.3 is 12.1 Å². The van der Waals surface area contributed by atoms with Crippen LogP contribution in [-0.2, 0) is 22.4 Å². The zero-order valence-electron chi connectivity index (χ0n) is 22.1. The van der Waals surface area contributed by atoms with E-state index >= 15 is 0 Å². The quantitative estimate of drug-likeness (QED) is 0.264. The van der Waals surface area contributed by atoms with Gasteiger partial charge in [0.25, 0.3) is 0 Å². The van der Waals surface area contributed by atoms with Crippen LogP contribution in [0.15, 0.2) is 24.5 Å². The first-order valence-electron chi connectivity index (χ1n) is 13.7. The van der Waals surface area contributed by atoms with Crippen molar-refractivity contribution >= 4 is 17.7 Å². The summed E-state index contributed by atoms with van der Waals surface area (Å²) in [5.41, 5.74) is 3.30. The number of carbonyl (C=O) groups is 1. The Morgan fingerprint density at radius 2 is 1.97 bits per heavy atom. The lowest BCUT2D eigenvalue weighted by Crippen LogP contribution is -2.37. The van der Waals surface area contributed by atoms with Gasteiger partial charge in [-0.3, -0.25) is 0 Å². The predicted molar refractivity (Wildman–Crippen MR) is 141 cm³/mol. The number of aliphatic carboxylic acids is 1. The molecule has 1 atom stereocenters. The molecule has 1 fully saturated rings. The fourth-order valence-corrected chi connectivity index (χ4v) is 4.63. The van der Waals surface area contributed by atoms with Gasteiger partial charge in [0.1, 0.15) is 18.5 Å². The van der Waals surface area contributed by atoms with Crippen molar-refractivity contribution < 1.29 is 27.8 Å². The minimum Gasteiger partial charge on any atom is -0.480 e. The number of halogens is 3. The molecular formula is C27H37F3N6O3. The lowest BCUT2D eigenvalue weighted by atomic mass is 10.1. The molecule has 4 rings (SSSR count). The molecule has 2 aromatic heterocycles. The van der Waals surface area contributed by atoms with Crippen molar-refractivity contribution in [1.29, 1.82) is 0 Å². The Labute approximate surface area is 226 Å². The van der Waals surface area contributed by atoms with Gasteiger partial charge in [-0.05, 0) is 81.0 Å². The van der Waals surface area contributed by atoms with E-state index in [2.05, 4.69) is 32.7 Å². The first kappa shape index (κ1) is 29.0. The van der Waals surface area contributed by atoms with Crippen LogP contribution < -0.4 is 10.6 Å². The number of aromatic nitrogens is 3. The van der Waals surface area contributed by atoms with E-state index in [1.165, 1.54) is 5.56 Å². The summed E-state index contributed by atoms with van der Waals surface area (Å²) in [4.78, 5) is 27.1. The van der Waals surface area contributed by atoms with Crippen LogP contribution in [0.5, 0.6) is 0 Å². The van der Waals surface area contributed by atoms with Crippen molar-refractivity contribution in [2.45, 2.75) is 69.5 Å². The van der Waals surface area contributed by atoms with Crippen molar-refractivity contribution in [2.75, 3.05) is 50.0 Å². The zero-order chi connectivity index (χ0) is 27.7. The second kappa shape index (κ2) is 13.9. The number of pyridine rings is 1. The molecule has 1 unspecified atom stereocenters. The van der Waals surface area contributed by atoms with Crippen LogP contribution in [0.1, 0.15) is 61.3 Å². The van der Waals surface area contributed by atoms with Crippen molar-refractivity contribution in [2.24, 2.45) is 0 Å². The molecule has 1 aliphatic carbocycles. The van der Waals surface area contributed by atoms with Crippen LogP contribution in [0.25, 0.3) is 0 Å². The number of fused-ring (bicyclic) bond motifs is 1. The van der Waals surface area contributed by atoms with Crippen LogP contribution in [0.2, 0.25) is 0 Å². The summed E-state index contributed by atoms with van der Waals surface area (Å²) < 4.78 is 42.3. The molecule has 0 saturated heterocycles. The summed E-state index contributed by atoms with van der Waals surface area (Å²) in [5.74, 6) is 0.673. The number of nitrogens with zero attached hydrogens (tertiary/aromatic N) is 4. The van der Waals surface area contributed by atoms with Crippen LogP contribution in [0.4, 0.5) is 24.9 Å². The van der Waals surface area contributed by atoms with Gasteiger partial charge in [-0.25, -0.2) is 19.7 Å². The SMILES string of the molecule is O=C(O)C(CCN(CCCCc1ccc2c(n1)NCCC2)CCOCC(F)(F)F)Nc1ncc(C2CC2)cn1. The Morgan fingerprint density at radius 1 is 1.18 bits per heavy atom. The summed E-state index contributed by atoms with van der Waals surface area (Å²) >= 11 is 0. The largest absolute Gasteiger partial charge is 0.480 e. The van der Waals surface area contributed by atoms with E-state index in [9.17, 15) is 23.1 Å². The molecule has 0 aromatic carbocycles. The number of alkyl halides is 3. The van der Waals surface area contributed by atoms with E-state index in [-0.39, 0.29) is 25.5 Å². The highest BCUT2D eigenvalue weighted by atomic mass is 19.4. The number of nitrogens with one attached hydrogen (secondary N) is 2. The van der Waals surface area contributed by atoms with Crippen LogP contribution in [-0.4, -0.2) is 82.5 Å². The third-order valence-electron chi connectivity index (χ3n) is 6.98. The Bertz CT molecular complexity index is 1070. The lowest BCUT2D eigenvalue weighted by Gasteiger charge is -2.24. The minimum atomic E-state index is -4.38. The fraction of sp³-hybridized carbons (Fsp3) is 0.630. The molecule has 0 bridgehead atoms. The zero-order valence-corrected chi connectivity index (χ0v) is 22.1. The van der Waals surface area contributed by atoms with E-state index in [1.54, 1.807) is 12.4 Å². The fourth-order valence-electron chi connectivity index (χ4n) is 4.63. The monoisotopic (exact) mass is 550 g/mol. The van der Waals surface area contributed by atoms with Gasteiger partial charge in [0.2, 0.25) is 5.95 Å². The summed E-state index contributed by atoms with van der Waals surface area (Å²) in [6, 6.07) is 3.25. The normalized spacial score (nSPS) is 16.0. The standard InChI is InChI=1S/C27H37F3N6O3/c28-27(29,30)18-39-15-14-36(12-2-1-5-22-9-8-20-4-3-11-31-24(20)34-22)13-10-23(25(37)38)35-26-32-16-21(17-33-26)19-6-7-19/h8-9,16-17,19,23H,1-7,10-15,18H2,(H,31,34)(H,37,38)(H,32,33,35). The van der Waals surface area contributed by atoms with Crippen LogP contribution >= 0.6 is 0 Å². The first-order valence-corrected chi connectivity index (χ1v) is 13.7. The van der Waals surface area contributed by atoms with Crippen molar-refractivity contribution in [3.63, 3.8) is 0 Å². The number of carboxylic acids is 1. The maximum absolute atomic E-state index is 12.5. The average molecular weight is 551 g/mol. The number of ether oxygens (including phenoxy) is 1.